The maximum Gasteiger partial charge on any atom is 0.416 e. The molecule has 0 aromatic heterocycles. The van der Waals surface area contributed by atoms with E-state index in [1.165, 1.54) is 30.1 Å². The Kier molecular flexibility index (Phi) is 6.04. The van der Waals surface area contributed by atoms with Crippen LogP contribution < -0.4 is 5.32 Å². The number of nitrogens with one attached hydrogen (secondary N) is 1. The van der Waals surface area contributed by atoms with Gasteiger partial charge in [0.2, 0.25) is 0 Å². The first-order valence-electron chi connectivity index (χ1n) is 7.26. The van der Waals surface area contributed by atoms with Crippen LogP contribution in [-0.2, 0) is 12.7 Å². The van der Waals surface area contributed by atoms with Gasteiger partial charge in [0.1, 0.15) is 0 Å². The third kappa shape index (κ3) is 5.42. The van der Waals surface area contributed by atoms with Crippen LogP contribution in [0.3, 0.4) is 0 Å². The molecule has 2 amide bonds. The highest BCUT2D eigenvalue weighted by atomic mass is 19.4. The third-order valence-corrected chi connectivity index (χ3v) is 3.96. The standard InChI is InChI=1S/C16H24F3N3O/c1-15(2,21(3)4)11-20-14(23)22(5)10-12-8-6-7-9-13(12)16(17,18)19/h6-9H,10-11H2,1-5H3,(H,20,23). The molecule has 0 fully saturated rings. The molecule has 0 saturated carbocycles. The number of halogens is 3. The summed E-state index contributed by atoms with van der Waals surface area (Å²) in [4.78, 5) is 15.3. The summed E-state index contributed by atoms with van der Waals surface area (Å²) in [5, 5.41) is 2.75. The molecule has 1 aromatic carbocycles. The van der Waals surface area contributed by atoms with E-state index in [0.717, 1.165) is 6.07 Å². The molecule has 1 N–H and O–H groups in total. The molecule has 0 aliphatic carbocycles. The van der Waals surface area contributed by atoms with Crippen LogP contribution in [-0.4, -0.2) is 49.1 Å². The van der Waals surface area contributed by atoms with Crippen LogP contribution >= 0.6 is 0 Å². The molecule has 0 unspecified atom stereocenters. The van der Waals surface area contributed by atoms with Gasteiger partial charge in [-0.25, -0.2) is 4.79 Å². The minimum Gasteiger partial charge on any atom is -0.336 e. The highest BCUT2D eigenvalue weighted by Gasteiger charge is 2.33. The second-order valence-corrected chi connectivity index (χ2v) is 6.38. The summed E-state index contributed by atoms with van der Waals surface area (Å²) in [5.41, 5.74) is -0.891. The van der Waals surface area contributed by atoms with E-state index in [9.17, 15) is 18.0 Å². The second-order valence-electron chi connectivity index (χ2n) is 6.38. The van der Waals surface area contributed by atoms with Crippen molar-refractivity contribution in [3.05, 3.63) is 35.4 Å². The Hall–Kier alpha value is -1.76. The lowest BCUT2D eigenvalue weighted by atomic mass is 10.0. The molecule has 7 heteroatoms. The van der Waals surface area contributed by atoms with Gasteiger partial charge in [-0.2, -0.15) is 13.2 Å². The molecule has 0 radical (unpaired) electrons. The molecule has 0 heterocycles. The number of alkyl halides is 3. The van der Waals surface area contributed by atoms with Gasteiger partial charge in [0.05, 0.1) is 5.56 Å². The monoisotopic (exact) mass is 331 g/mol. The zero-order valence-electron chi connectivity index (χ0n) is 14.2. The minimum absolute atomic E-state index is 0.0736. The van der Waals surface area contributed by atoms with E-state index in [-0.39, 0.29) is 17.6 Å². The molecule has 0 atom stereocenters. The summed E-state index contributed by atoms with van der Waals surface area (Å²) in [6, 6.07) is 4.88. The van der Waals surface area contributed by atoms with E-state index in [1.807, 2.05) is 32.8 Å². The molecular weight excluding hydrogens is 307 g/mol. The quantitative estimate of drug-likeness (QED) is 0.899. The molecule has 0 saturated heterocycles. The summed E-state index contributed by atoms with van der Waals surface area (Å²) in [5.74, 6) is 0. The number of hydrogen-bond acceptors (Lipinski definition) is 2. The van der Waals surface area contributed by atoms with Crippen molar-refractivity contribution in [3.63, 3.8) is 0 Å². The molecule has 0 aliphatic heterocycles. The number of amides is 2. The maximum atomic E-state index is 13.0. The Morgan fingerprint density at radius 1 is 1.13 bits per heavy atom. The SMILES string of the molecule is CN(Cc1ccccc1C(F)(F)F)C(=O)NCC(C)(C)N(C)C. The van der Waals surface area contributed by atoms with E-state index in [1.54, 1.807) is 0 Å². The molecule has 4 nitrogen and oxygen atoms in total. The smallest absolute Gasteiger partial charge is 0.336 e. The van der Waals surface area contributed by atoms with Crippen molar-refractivity contribution in [2.45, 2.75) is 32.1 Å². The van der Waals surface area contributed by atoms with Crippen LogP contribution in [0.2, 0.25) is 0 Å². The normalized spacial score (nSPS) is 12.4. The highest BCUT2D eigenvalue weighted by molar-refractivity contribution is 5.74. The van der Waals surface area contributed by atoms with Gasteiger partial charge in [0.15, 0.2) is 0 Å². The number of carbonyl (C=O) groups is 1. The van der Waals surface area contributed by atoms with E-state index in [2.05, 4.69) is 5.32 Å². The number of urea groups is 1. The Morgan fingerprint density at radius 3 is 2.22 bits per heavy atom. The van der Waals surface area contributed by atoms with Crippen LogP contribution in [0.25, 0.3) is 0 Å². The Balaban J connectivity index is 2.74. The van der Waals surface area contributed by atoms with Crippen molar-refractivity contribution in [1.82, 2.24) is 15.1 Å². The molecular formula is C16H24F3N3O. The predicted octanol–water partition coefficient (Wildman–Crippen LogP) is 3.19. The molecule has 0 bridgehead atoms. The number of benzene rings is 1. The van der Waals surface area contributed by atoms with Crippen LogP contribution in [0.15, 0.2) is 24.3 Å². The predicted molar refractivity (Wildman–Crippen MR) is 84.1 cm³/mol. The van der Waals surface area contributed by atoms with Crippen molar-refractivity contribution >= 4 is 6.03 Å². The fraction of sp³-hybridized carbons (Fsp3) is 0.562. The van der Waals surface area contributed by atoms with Crippen molar-refractivity contribution in [2.24, 2.45) is 0 Å². The summed E-state index contributed by atoms with van der Waals surface area (Å²) in [6.45, 7) is 4.21. The first-order chi connectivity index (χ1) is 10.4. The lowest BCUT2D eigenvalue weighted by Crippen LogP contribution is -2.50. The van der Waals surface area contributed by atoms with Gasteiger partial charge >= 0.3 is 12.2 Å². The van der Waals surface area contributed by atoms with E-state index in [0.29, 0.717) is 6.54 Å². The largest absolute Gasteiger partial charge is 0.416 e. The zero-order valence-corrected chi connectivity index (χ0v) is 14.2. The number of likely N-dealkylation sites (N-methyl/N-ethyl adjacent to an activating group) is 1. The average Bonchev–Trinajstić information content (AvgIpc) is 2.44. The van der Waals surface area contributed by atoms with Gasteiger partial charge in [-0.15, -0.1) is 0 Å². The Labute approximate surface area is 135 Å². The summed E-state index contributed by atoms with van der Waals surface area (Å²) >= 11 is 0. The van der Waals surface area contributed by atoms with Crippen molar-refractivity contribution in [1.29, 1.82) is 0 Å². The average molecular weight is 331 g/mol. The number of rotatable bonds is 5. The van der Waals surface area contributed by atoms with Crippen molar-refractivity contribution < 1.29 is 18.0 Å². The van der Waals surface area contributed by atoms with E-state index in [4.69, 9.17) is 0 Å². The van der Waals surface area contributed by atoms with Gasteiger partial charge in [0.25, 0.3) is 0 Å². The van der Waals surface area contributed by atoms with Crippen molar-refractivity contribution in [3.8, 4) is 0 Å². The van der Waals surface area contributed by atoms with Gasteiger partial charge in [-0.05, 0) is 39.6 Å². The number of nitrogens with zero attached hydrogens (tertiary/aromatic N) is 2. The first-order valence-corrected chi connectivity index (χ1v) is 7.26. The van der Waals surface area contributed by atoms with Gasteiger partial charge in [-0.1, -0.05) is 18.2 Å². The fourth-order valence-electron chi connectivity index (χ4n) is 1.85. The second kappa shape index (κ2) is 7.21. The summed E-state index contributed by atoms with van der Waals surface area (Å²) < 4.78 is 38.9. The van der Waals surface area contributed by atoms with Gasteiger partial charge < -0.3 is 15.1 Å². The molecule has 0 spiro atoms. The Morgan fingerprint density at radius 2 is 1.70 bits per heavy atom. The third-order valence-electron chi connectivity index (χ3n) is 3.96. The van der Waals surface area contributed by atoms with E-state index < -0.39 is 17.8 Å². The fourth-order valence-corrected chi connectivity index (χ4v) is 1.85. The number of carbonyl (C=O) groups excluding carboxylic acids is 1. The maximum absolute atomic E-state index is 13.0. The highest BCUT2D eigenvalue weighted by Crippen LogP contribution is 2.32. The van der Waals surface area contributed by atoms with Crippen molar-refractivity contribution in [2.75, 3.05) is 27.7 Å². The van der Waals surface area contributed by atoms with Gasteiger partial charge in [0, 0.05) is 25.7 Å². The topological polar surface area (TPSA) is 35.6 Å². The number of hydrogen-bond donors (Lipinski definition) is 1. The van der Waals surface area contributed by atoms with Crippen LogP contribution in [0, 0.1) is 0 Å². The van der Waals surface area contributed by atoms with Crippen LogP contribution in [0.4, 0.5) is 18.0 Å². The molecule has 23 heavy (non-hydrogen) atoms. The molecule has 1 aromatic rings. The molecule has 1 rings (SSSR count). The van der Waals surface area contributed by atoms with Crippen LogP contribution in [0.1, 0.15) is 25.0 Å². The lowest BCUT2D eigenvalue weighted by Gasteiger charge is -2.33. The van der Waals surface area contributed by atoms with Gasteiger partial charge in [-0.3, -0.25) is 0 Å². The molecule has 0 aliphatic rings. The van der Waals surface area contributed by atoms with E-state index >= 15 is 0 Å². The molecule has 130 valence electrons. The zero-order chi connectivity index (χ0) is 17.8. The lowest BCUT2D eigenvalue weighted by molar-refractivity contribution is -0.138. The van der Waals surface area contributed by atoms with Crippen LogP contribution in [0.5, 0.6) is 0 Å². The summed E-state index contributed by atoms with van der Waals surface area (Å²) in [7, 11) is 5.27. The Bertz CT molecular complexity index is 542. The first kappa shape index (κ1) is 19.3. The summed E-state index contributed by atoms with van der Waals surface area (Å²) in [6.07, 6.45) is -4.43. The minimum atomic E-state index is -4.43.